The van der Waals surface area contributed by atoms with Crippen LogP contribution in [0.15, 0.2) is 46.3 Å². The molecular formula is C13H13N5OS. The fourth-order valence-corrected chi connectivity index (χ4v) is 2.87. The molecule has 7 heteroatoms. The second kappa shape index (κ2) is 5.38. The molecule has 0 radical (unpaired) electrons. The summed E-state index contributed by atoms with van der Waals surface area (Å²) in [5.41, 5.74) is 6.83. The van der Waals surface area contributed by atoms with Crippen molar-refractivity contribution in [1.29, 1.82) is 0 Å². The van der Waals surface area contributed by atoms with Crippen molar-refractivity contribution in [2.24, 2.45) is 0 Å². The van der Waals surface area contributed by atoms with Gasteiger partial charge in [0.15, 0.2) is 5.16 Å². The Morgan fingerprint density at radius 3 is 2.85 bits per heavy atom. The molecule has 0 aliphatic carbocycles. The molecule has 0 bridgehead atoms. The van der Waals surface area contributed by atoms with E-state index in [4.69, 9.17) is 5.73 Å². The van der Waals surface area contributed by atoms with Crippen molar-refractivity contribution in [3.8, 4) is 0 Å². The molecule has 0 aliphatic heterocycles. The number of rotatable bonds is 4. The molecular weight excluding hydrogens is 274 g/mol. The summed E-state index contributed by atoms with van der Waals surface area (Å²) in [6, 6.07) is 11.6. The van der Waals surface area contributed by atoms with Gasteiger partial charge in [-0.2, -0.15) is 0 Å². The van der Waals surface area contributed by atoms with Gasteiger partial charge in [-0.05, 0) is 12.0 Å². The van der Waals surface area contributed by atoms with Gasteiger partial charge in [-0.15, -0.1) is 10.2 Å². The number of nitrogens with two attached hydrogens (primary N) is 1. The summed E-state index contributed by atoms with van der Waals surface area (Å²) >= 11 is 1.56. The summed E-state index contributed by atoms with van der Waals surface area (Å²) in [7, 11) is 0. The first-order valence-corrected chi connectivity index (χ1v) is 7.13. The number of hydrogen-bond donors (Lipinski definition) is 2. The van der Waals surface area contributed by atoms with Crippen molar-refractivity contribution < 1.29 is 0 Å². The normalized spacial score (nSPS) is 11.0. The fourth-order valence-electron chi connectivity index (χ4n) is 1.93. The van der Waals surface area contributed by atoms with Crippen LogP contribution >= 0.6 is 11.8 Å². The van der Waals surface area contributed by atoms with E-state index in [-0.39, 0.29) is 5.56 Å². The Kier molecular flexibility index (Phi) is 3.42. The third-order valence-electron chi connectivity index (χ3n) is 2.87. The Morgan fingerprint density at radius 2 is 2.05 bits per heavy atom. The Bertz CT molecular complexity index is 780. The summed E-state index contributed by atoms with van der Waals surface area (Å²) in [6.07, 6.45) is 0.934. The molecule has 0 spiro atoms. The van der Waals surface area contributed by atoms with Gasteiger partial charge in [0.1, 0.15) is 5.82 Å². The van der Waals surface area contributed by atoms with Crippen LogP contribution in [-0.2, 0) is 6.42 Å². The third-order valence-corrected chi connectivity index (χ3v) is 3.80. The van der Waals surface area contributed by atoms with Gasteiger partial charge in [-0.25, -0.2) is 4.40 Å². The lowest BCUT2D eigenvalue weighted by Gasteiger charge is -2.02. The largest absolute Gasteiger partial charge is 0.385 e. The number of hydrogen-bond acceptors (Lipinski definition) is 5. The molecule has 3 rings (SSSR count). The van der Waals surface area contributed by atoms with Gasteiger partial charge in [0.05, 0.1) is 0 Å². The first-order valence-electron chi connectivity index (χ1n) is 6.15. The van der Waals surface area contributed by atoms with Gasteiger partial charge in [0, 0.05) is 11.8 Å². The lowest BCUT2D eigenvalue weighted by Crippen LogP contribution is -2.11. The Labute approximate surface area is 119 Å². The fraction of sp³-hybridized carbons (Fsp3) is 0.154. The number of nitrogen functional groups attached to an aromatic ring is 1. The van der Waals surface area contributed by atoms with Crippen LogP contribution in [0.2, 0.25) is 0 Å². The molecule has 3 aromatic rings. The summed E-state index contributed by atoms with van der Waals surface area (Å²) in [6.45, 7) is 0. The predicted molar refractivity (Wildman–Crippen MR) is 78.9 cm³/mol. The van der Waals surface area contributed by atoms with Gasteiger partial charge in [-0.1, -0.05) is 42.1 Å². The van der Waals surface area contributed by atoms with E-state index in [1.165, 1.54) is 11.6 Å². The van der Waals surface area contributed by atoms with E-state index in [1.54, 1.807) is 16.2 Å². The minimum atomic E-state index is -0.275. The zero-order valence-electron chi connectivity index (χ0n) is 10.6. The summed E-state index contributed by atoms with van der Waals surface area (Å²) < 4.78 is 1.65. The quantitative estimate of drug-likeness (QED) is 0.707. The van der Waals surface area contributed by atoms with Gasteiger partial charge < -0.3 is 5.73 Å². The maximum absolute atomic E-state index is 11.3. The van der Waals surface area contributed by atoms with Crippen molar-refractivity contribution in [1.82, 2.24) is 19.6 Å². The highest BCUT2D eigenvalue weighted by Crippen LogP contribution is 2.19. The predicted octanol–water partition coefficient (Wildman–Crippen LogP) is 1.33. The van der Waals surface area contributed by atoms with Crippen LogP contribution in [0.25, 0.3) is 5.78 Å². The second-order valence-corrected chi connectivity index (χ2v) is 5.35. The number of aromatic nitrogens is 4. The Balaban J connectivity index is 1.77. The molecule has 1 aromatic carbocycles. The van der Waals surface area contributed by atoms with Crippen LogP contribution in [0.4, 0.5) is 5.82 Å². The lowest BCUT2D eigenvalue weighted by atomic mass is 10.2. The van der Waals surface area contributed by atoms with E-state index >= 15 is 0 Å². The molecule has 2 heterocycles. The molecule has 102 valence electrons. The molecule has 0 fully saturated rings. The Hall–Kier alpha value is -2.28. The number of benzene rings is 1. The molecule has 20 heavy (non-hydrogen) atoms. The molecule has 2 aromatic heterocycles. The first kappa shape index (κ1) is 12.7. The highest BCUT2D eigenvalue weighted by atomic mass is 32.2. The number of thioether (sulfide) groups is 1. The minimum Gasteiger partial charge on any atom is -0.385 e. The Morgan fingerprint density at radius 1 is 1.25 bits per heavy atom. The zero-order chi connectivity index (χ0) is 13.9. The van der Waals surface area contributed by atoms with Crippen molar-refractivity contribution in [2.75, 3.05) is 11.5 Å². The molecule has 6 nitrogen and oxygen atoms in total. The van der Waals surface area contributed by atoms with Crippen molar-refractivity contribution >= 4 is 23.4 Å². The van der Waals surface area contributed by atoms with Crippen molar-refractivity contribution in [3.05, 3.63) is 52.3 Å². The van der Waals surface area contributed by atoms with Gasteiger partial charge >= 0.3 is 0 Å². The molecule has 0 saturated heterocycles. The van der Waals surface area contributed by atoms with Crippen LogP contribution in [0.3, 0.4) is 0 Å². The van der Waals surface area contributed by atoms with Crippen LogP contribution in [-0.4, -0.2) is 25.3 Å². The first-order chi connectivity index (χ1) is 9.74. The van der Waals surface area contributed by atoms with Gasteiger partial charge in [0.2, 0.25) is 5.78 Å². The van der Waals surface area contributed by atoms with Gasteiger partial charge in [0.25, 0.3) is 5.56 Å². The maximum Gasteiger partial charge on any atom is 0.254 e. The monoisotopic (exact) mass is 287 g/mol. The van der Waals surface area contributed by atoms with Crippen LogP contribution in [0.1, 0.15) is 5.56 Å². The number of anilines is 1. The van der Waals surface area contributed by atoms with Crippen LogP contribution in [0.5, 0.6) is 0 Å². The lowest BCUT2D eigenvalue weighted by molar-refractivity contribution is 0.922. The SMILES string of the molecule is Nc1cc(=O)[nH]c2nnc(SCCc3ccccc3)n12. The molecule has 3 N–H and O–H groups in total. The minimum absolute atomic E-state index is 0.275. The number of aromatic amines is 1. The zero-order valence-corrected chi connectivity index (χ0v) is 11.4. The number of aryl methyl sites for hydroxylation is 1. The second-order valence-electron chi connectivity index (χ2n) is 4.28. The van der Waals surface area contributed by atoms with E-state index in [0.717, 1.165) is 12.2 Å². The van der Waals surface area contributed by atoms with Crippen molar-refractivity contribution in [2.45, 2.75) is 11.6 Å². The van der Waals surface area contributed by atoms with Gasteiger partial charge in [-0.3, -0.25) is 9.78 Å². The van der Waals surface area contributed by atoms with E-state index in [9.17, 15) is 4.79 Å². The molecule has 0 aliphatic rings. The van der Waals surface area contributed by atoms with E-state index < -0.39 is 0 Å². The molecule has 0 amide bonds. The third kappa shape index (κ3) is 2.53. The van der Waals surface area contributed by atoms with Crippen LogP contribution in [0, 0.1) is 0 Å². The highest BCUT2D eigenvalue weighted by Gasteiger charge is 2.09. The molecule has 0 saturated carbocycles. The number of H-pyrrole nitrogens is 1. The highest BCUT2D eigenvalue weighted by molar-refractivity contribution is 7.99. The maximum atomic E-state index is 11.3. The number of nitrogens with zero attached hydrogens (tertiary/aromatic N) is 3. The van der Waals surface area contributed by atoms with E-state index in [0.29, 0.717) is 16.8 Å². The summed E-state index contributed by atoms with van der Waals surface area (Å²) in [5, 5.41) is 8.66. The smallest absolute Gasteiger partial charge is 0.254 e. The standard InChI is InChI=1S/C13H13N5OS/c14-10-8-11(19)15-12-16-17-13(18(10)12)20-7-6-9-4-2-1-3-5-9/h1-5,8H,6-7,14H2,(H,15,16,19). The molecule has 0 unspecified atom stereocenters. The number of fused-ring (bicyclic) bond motifs is 1. The van der Waals surface area contributed by atoms with Crippen LogP contribution < -0.4 is 11.3 Å². The van der Waals surface area contributed by atoms with E-state index in [1.807, 2.05) is 18.2 Å². The van der Waals surface area contributed by atoms with E-state index in [2.05, 4.69) is 27.3 Å². The van der Waals surface area contributed by atoms with Crippen molar-refractivity contribution in [3.63, 3.8) is 0 Å². The average Bonchev–Trinajstić information content (AvgIpc) is 2.83. The average molecular weight is 287 g/mol. The topological polar surface area (TPSA) is 89.1 Å². The summed E-state index contributed by atoms with van der Waals surface area (Å²) in [4.78, 5) is 13.9. The summed E-state index contributed by atoms with van der Waals surface area (Å²) in [5.74, 6) is 1.58. The molecule has 0 atom stereocenters. The number of nitrogens with one attached hydrogen (secondary N) is 1.